The summed E-state index contributed by atoms with van der Waals surface area (Å²) in [7, 11) is 0. The second-order valence-corrected chi connectivity index (χ2v) is 3.22. The zero-order valence-corrected chi connectivity index (χ0v) is 7.50. The van der Waals surface area contributed by atoms with Crippen LogP contribution in [0.5, 0.6) is 0 Å². The van der Waals surface area contributed by atoms with Crippen molar-refractivity contribution in [2.75, 3.05) is 0 Å². The summed E-state index contributed by atoms with van der Waals surface area (Å²) < 4.78 is 34.9. The largest absolute Gasteiger partial charge is 0.451 e. The van der Waals surface area contributed by atoms with Gasteiger partial charge in [-0.25, -0.2) is 0 Å². The molecular formula is C6H8BrF3O. The third kappa shape index (κ3) is 3.74. The molecule has 0 radical (unpaired) electrons. The predicted molar refractivity (Wildman–Crippen MR) is 38.7 cm³/mol. The molecule has 0 aromatic carbocycles. The van der Waals surface area contributed by atoms with Crippen LogP contribution in [0.3, 0.4) is 0 Å². The van der Waals surface area contributed by atoms with Crippen LogP contribution in [0.15, 0.2) is 0 Å². The monoisotopic (exact) mass is 232 g/mol. The smallest absolute Gasteiger partial charge is 0.288 e. The van der Waals surface area contributed by atoms with Gasteiger partial charge in [-0.15, -0.1) is 0 Å². The molecule has 0 aromatic rings. The first kappa shape index (κ1) is 10.9. The van der Waals surface area contributed by atoms with Gasteiger partial charge in [0, 0.05) is 0 Å². The number of rotatable bonds is 3. The van der Waals surface area contributed by atoms with Crippen molar-refractivity contribution in [2.45, 2.75) is 30.8 Å². The Labute approximate surface area is 71.1 Å². The second-order valence-electron chi connectivity index (χ2n) is 2.12. The summed E-state index contributed by atoms with van der Waals surface area (Å²) in [5, 5.41) is 0. The van der Waals surface area contributed by atoms with Crippen molar-refractivity contribution in [1.82, 2.24) is 0 Å². The van der Waals surface area contributed by atoms with Crippen molar-refractivity contribution in [3.05, 3.63) is 0 Å². The normalized spacial score (nSPS) is 14.6. The lowest BCUT2D eigenvalue weighted by atomic mass is 10.2. The van der Waals surface area contributed by atoms with Crippen LogP contribution in [0.1, 0.15) is 19.8 Å². The first-order valence-corrected chi connectivity index (χ1v) is 4.06. The molecule has 0 aromatic heterocycles. The number of alkyl halides is 4. The van der Waals surface area contributed by atoms with Crippen molar-refractivity contribution in [3.63, 3.8) is 0 Å². The molecule has 0 unspecified atom stereocenters. The summed E-state index contributed by atoms with van der Waals surface area (Å²) in [5.74, 6) is -1.70. The average molecular weight is 233 g/mol. The Morgan fingerprint density at radius 2 is 2.00 bits per heavy atom. The van der Waals surface area contributed by atoms with Crippen LogP contribution in [-0.4, -0.2) is 16.8 Å². The van der Waals surface area contributed by atoms with Gasteiger partial charge >= 0.3 is 6.18 Å². The van der Waals surface area contributed by atoms with E-state index in [2.05, 4.69) is 15.9 Å². The minimum atomic E-state index is -4.71. The lowest BCUT2D eigenvalue weighted by Crippen LogP contribution is -2.30. The van der Waals surface area contributed by atoms with E-state index in [4.69, 9.17) is 0 Å². The molecule has 0 spiro atoms. The van der Waals surface area contributed by atoms with Gasteiger partial charge in [0.05, 0.1) is 4.83 Å². The molecule has 66 valence electrons. The number of hydrogen-bond donors (Lipinski definition) is 0. The zero-order chi connectivity index (χ0) is 9.07. The van der Waals surface area contributed by atoms with Gasteiger partial charge in [0.1, 0.15) is 0 Å². The summed E-state index contributed by atoms with van der Waals surface area (Å²) in [6.45, 7) is 1.72. The number of halogens is 4. The maximum absolute atomic E-state index is 11.6. The van der Waals surface area contributed by atoms with Gasteiger partial charge in [0.25, 0.3) is 0 Å². The number of carbonyl (C=O) groups excluding carboxylic acids is 1. The molecule has 0 aliphatic heterocycles. The van der Waals surface area contributed by atoms with E-state index in [0.717, 1.165) is 0 Å². The fourth-order valence-corrected chi connectivity index (χ4v) is 1.28. The number of hydrogen-bond acceptors (Lipinski definition) is 1. The van der Waals surface area contributed by atoms with Gasteiger partial charge in [-0.05, 0) is 6.42 Å². The van der Waals surface area contributed by atoms with Gasteiger partial charge in [0.2, 0.25) is 5.78 Å². The molecule has 0 rings (SSSR count). The van der Waals surface area contributed by atoms with E-state index in [1.165, 1.54) is 0 Å². The Hall–Kier alpha value is -0.0600. The highest BCUT2D eigenvalue weighted by Gasteiger charge is 2.41. The zero-order valence-electron chi connectivity index (χ0n) is 5.91. The Morgan fingerprint density at radius 3 is 2.27 bits per heavy atom. The van der Waals surface area contributed by atoms with Gasteiger partial charge in [-0.3, -0.25) is 4.79 Å². The number of Topliss-reactive ketones (excluding diaryl/α,β-unsaturated/α-hetero) is 1. The highest BCUT2D eigenvalue weighted by Crippen LogP contribution is 2.23. The summed E-state index contributed by atoms with van der Waals surface area (Å²) in [6, 6.07) is 0. The molecule has 0 aliphatic rings. The van der Waals surface area contributed by atoms with Crippen LogP contribution >= 0.6 is 15.9 Å². The van der Waals surface area contributed by atoms with Crippen molar-refractivity contribution < 1.29 is 18.0 Å². The molecule has 1 atom stereocenters. The third-order valence-corrected chi connectivity index (χ3v) is 1.98. The quantitative estimate of drug-likeness (QED) is 0.685. The first-order chi connectivity index (χ1) is 4.89. The lowest BCUT2D eigenvalue weighted by molar-refractivity contribution is -0.170. The van der Waals surface area contributed by atoms with E-state index >= 15 is 0 Å². The molecule has 5 heteroatoms. The lowest BCUT2D eigenvalue weighted by Gasteiger charge is -2.09. The minimum Gasteiger partial charge on any atom is -0.288 e. The van der Waals surface area contributed by atoms with Crippen molar-refractivity contribution >= 4 is 21.7 Å². The SMILES string of the molecule is CCC[C@@H](Br)C(=O)C(F)(F)F. The maximum Gasteiger partial charge on any atom is 0.451 e. The summed E-state index contributed by atoms with van der Waals surface area (Å²) in [6.07, 6.45) is -3.93. The van der Waals surface area contributed by atoms with Gasteiger partial charge < -0.3 is 0 Å². The minimum absolute atomic E-state index is 0.221. The molecule has 0 saturated heterocycles. The maximum atomic E-state index is 11.6. The Kier molecular flexibility index (Phi) is 4.07. The van der Waals surface area contributed by atoms with Gasteiger partial charge in [-0.1, -0.05) is 29.3 Å². The van der Waals surface area contributed by atoms with Gasteiger partial charge in [-0.2, -0.15) is 13.2 Å². The topological polar surface area (TPSA) is 17.1 Å². The first-order valence-electron chi connectivity index (χ1n) is 3.14. The second kappa shape index (κ2) is 4.09. The van der Waals surface area contributed by atoms with Crippen LogP contribution in [-0.2, 0) is 4.79 Å². The molecule has 0 bridgehead atoms. The highest BCUT2D eigenvalue weighted by atomic mass is 79.9. The molecule has 0 N–H and O–H groups in total. The van der Waals surface area contributed by atoms with Gasteiger partial charge in [0.15, 0.2) is 0 Å². The van der Waals surface area contributed by atoms with Crippen LogP contribution in [0, 0.1) is 0 Å². The van der Waals surface area contributed by atoms with Crippen molar-refractivity contribution in [2.24, 2.45) is 0 Å². The molecule has 0 fully saturated rings. The van der Waals surface area contributed by atoms with E-state index in [1.54, 1.807) is 6.92 Å². The molecule has 0 heterocycles. The van der Waals surface area contributed by atoms with E-state index in [1.807, 2.05) is 0 Å². The standard InChI is InChI=1S/C6H8BrF3O/c1-2-3-4(7)5(11)6(8,9)10/h4H,2-3H2,1H3/t4-/m1/s1. The summed E-state index contributed by atoms with van der Waals surface area (Å²) >= 11 is 2.67. The fourth-order valence-electron chi connectivity index (χ4n) is 0.562. The Bertz CT molecular complexity index is 143. The van der Waals surface area contributed by atoms with Crippen LogP contribution in [0.2, 0.25) is 0 Å². The van der Waals surface area contributed by atoms with Crippen LogP contribution in [0.25, 0.3) is 0 Å². The summed E-state index contributed by atoms with van der Waals surface area (Å²) in [5.41, 5.74) is 0. The molecule has 1 nitrogen and oxygen atoms in total. The average Bonchev–Trinajstić information content (AvgIpc) is 1.85. The van der Waals surface area contributed by atoms with Crippen LogP contribution < -0.4 is 0 Å². The predicted octanol–water partition coefficient (Wildman–Crippen LogP) is 2.68. The van der Waals surface area contributed by atoms with Crippen LogP contribution in [0.4, 0.5) is 13.2 Å². The molecule has 0 aliphatic carbocycles. The third-order valence-electron chi connectivity index (χ3n) is 1.11. The summed E-state index contributed by atoms with van der Waals surface area (Å²) in [4.78, 5) is 9.31. The van der Waals surface area contributed by atoms with E-state index in [-0.39, 0.29) is 6.42 Å². The number of ketones is 1. The molecule has 0 amide bonds. The van der Waals surface area contributed by atoms with Crippen molar-refractivity contribution in [1.29, 1.82) is 0 Å². The number of carbonyl (C=O) groups is 1. The fraction of sp³-hybridized carbons (Fsp3) is 0.833. The Morgan fingerprint density at radius 1 is 1.55 bits per heavy atom. The van der Waals surface area contributed by atoms with E-state index in [9.17, 15) is 18.0 Å². The highest BCUT2D eigenvalue weighted by molar-refractivity contribution is 9.10. The van der Waals surface area contributed by atoms with Crippen molar-refractivity contribution in [3.8, 4) is 0 Å². The molecule has 11 heavy (non-hydrogen) atoms. The Balaban J connectivity index is 4.03. The molecule has 0 saturated carbocycles. The molecular weight excluding hydrogens is 225 g/mol. The van der Waals surface area contributed by atoms with E-state index in [0.29, 0.717) is 6.42 Å². The van der Waals surface area contributed by atoms with E-state index < -0.39 is 16.8 Å².